The number of aliphatic hydroxyl groups is 1. The van der Waals surface area contributed by atoms with Crippen LogP contribution >= 0.6 is 0 Å². The largest absolute Gasteiger partial charge is 0.460 e. The van der Waals surface area contributed by atoms with Crippen molar-refractivity contribution < 1.29 is 50.1 Å². The molecule has 0 saturated heterocycles. The van der Waals surface area contributed by atoms with Crippen LogP contribution in [0.4, 0.5) is 30.7 Å². The molecule has 0 aliphatic heterocycles. The summed E-state index contributed by atoms with van der Waals surface area (Å²) >= 11 is 0. The zero-order chi connectivity index (χ0) is 34.1. The number of hydrogen-bond acceptors (Lipinski definition) is 5. The Morgan fingerprint density at radius 3 is 1.52 bits per heavy atom. The van der Waals surface area contributed by atoms with Gasteiger partial charge in [0.25, 0.3) is 0 Å². The van der Waals surface area contributed by atoms with Crippen molar-refractivity contribution >= 4 is 5.97 Å². The van der Waals surface area contributed by atoms with Crippen molar-refractivity contribution in [2.24, 2.45) is 33.0 Å². The fourth-order valence-corrected chi connectivity index (χ4v) is 5.62. The lowest BCUT2D eigenvalue weighted by Crippen LogP contribution is -2.63. The van der Waals surface area contributed by atoms with Gasteiger partial charge in [0.1, 0.15) is 6.10 Å². The molecule has 0 aliphatic rings. The third-order valence-electron chi connectivity index (χ3n) is 9.33. The summed E-state index contributed by atoms with van der Waals surface area (Å²) in [4.78, 5) is 12.5. The van der Waals surface area contributed by atoms with Crippen LogP contribution in [0, 0.1) is 44.3 Å². The van der Waals surface area contributed by atoms with Gasteiger partial charge in [-0.1, -0.05) is 90.0 Å². The molecule has 0 heterocycles. The zero-order valence-corrected chi connectivity index (χ0v) is 27.2. The minimum atomic E-state index is -6.70. The Balaban J connectivity index is 7.08. The van der Waals surface area contributed by atoms with Gasteiger partial charge in [0.05, 0.1) is 31.3 Å². The van der Waals surface area contributed by atoms with Gasteiger partial charge in [-0.3, -0.25) is 0 Å². The van der Waals surface area contributed by atoms with E-state index in [4.69, 9.17) is 14.7 Å². The molecule has 5 nitrogen and oxygen atoms in total. The van der Waals surface area contributed by atoms with Gasteiger partial charge >= 0.3 is 24.0 Å². The van der Waals surface area contributed by atoms with Crippen LogP contribution in [-0.2, 0) is 14.3 Å². The molecule has 0 aromatic rings. The second-order valence-electron chi connectivity index (χ2n) is 15.0. The Morgan fingerprint density at radius 1 is 0.762 bits per heavy atom. The van der Waals surface area contributed by atoms with Crippen molar-refractivity contribution in [3.05, 3.63) is 0 Å². The van der Waals surface area contributed by atoms with E-state index >= 15 is 0 Å². The van der Waals surface area contributed by atoms with Crippen LogP contribution in [0.1, 0.15) is 103 Å². The average molecular weight is 622 g/mol. The molecular weight excluding hydrogens is 571 g/mol. The van der Waals surface area contributed by atoms with Crippen LogP contribution in [0.2, 0.25) is 0 Å². The van der Waals surface area contributed by atoms with Crippen molar-refractivity contribution in [3.63, 3.8) is 0 Å². The molecule has 0 spiro atoms. The summed E-state index contributed by atoms with van der Waals surface area (Å²) in [7, 11) is 0. The van der Waals surface area contributed by atoms with Crippen molar-refractivity contribution in [3.8, 4) is 6.07 Å². The number of rotatable bonds is 14. The standard InChI is InChI=1S/C30H50F7NO4/c1-18(2)17-19(39)24(6,7)26(10,11)21(41-16-14-15-38)27(12,13)25(8,9)20(23(3,4)5)42-22(40)28(31,32)29(33,34)30(35,36)37/h18-21,39H,14,16-17H2,1-13H3. The maximum Gasteiger partial charge on any atom is 0.460 e. The topological polar surface area (TPSA) is 79.6 Å². The van der Waals surface area contributed by atoms with Gasteiger partial charge in [-0.25, -0.2) is 4.79 Å². The molecule has 0 aromatic heterocycles. The fourth-order valence-electron chi connectivity index (χ4n) is 5.62. The van der Waals surface area contributed by atoms with E-state index < -0.39 is 69.4 Å². The Hall–Kier alpha value is -1.61. The quantitative estimate of drug-likeness (QED) is 0.119. The smallest absolute Gasteiger partial charge is 0.457 e. The molecule has 0 radical (unpaired) electrons. The molecule has 248 valence electrons. The Morgan fingerprint density at radius 2 is 1.17 bits per heavy atom. The van der Waals surface area contributed by atoms with Gasteiger partial charge in [0.2, 0.25) is 0 Å². The van der Waals surface area contributed by atoms with Gasteiger partial charge in [0, 0.05) is 10.8 Å². The number of halogens is 7. The zero-order valence-electron chi connectivity index (χ0n) is 27.2. The van der Waals surface area contributed by atoms with E-state index in [1.54, 1.807) is 13.8 Å². The van der Waals surface area contributed by atoms with Crippen LogP contribution in [0.5, 0.6) is 0 Å². The SMILES string of the molecule is CC(C)CC(O)C(C)(C)C(C)(C)C(OCCC#N)C(C)(C)C(C)(C)C(OC(=O)C(F)(F)C(F)(F)C(F)(F)F)C(C)(C)C. The van der Waals surface area contributed by atoms with Crippen molar-refractivity contribution in [1.82, 2.24) is 0 Å². The fraction of sp³-hybridized carbons (Fsp3) is 0.933. The number of carbonyl (C=O) groups is 1. The first-order valence-electron chi connectivity index (χ1n) is 14.0. The summed E-state index contributed by atoms with van der Waals surface area (Å²) in [5, 5.41) is 20.4. The molecule has 0 bridgehead atoms. The van der Waals surface area contributed by atoms with Crippen LogP contribution < -0.4 is 0 Å². The Bertz CT molecular complexity index is 958. The molecule has 0 rings (SSSR count). The Labute approximate surface area is 246 Å². The molecule has 0 saturated carbocycles. The molecule has 0 aliphatic carbocycles. The third kappa shape index (κ3) is 7.72. The minimum absolute atomic E-state index is 0.00546. The number of nitriles is 1. The van der Waals surface area contributed by atoms with Crippen LogP contribution in [0.15, 0.2) is 0 Å². The van der Waals surface area contributed by atoms with Gasteiger partial charge in [-0.05, 0) is 28.6 Å². The van der Waals surface area contributed by atoms with Gasteiger partial charge < -0.3 is 14.6 Å². The second-order valence-corrected chi connectivity index (χ2v) is 15.0. The number of ether oxygens (including phenoxy) is 2. The van der Waals surface area contributed by atoms with Gasteiger partial charge in [0.15, 0.2) is 0 Å². The number of esters is 1. The molecule has 3 atom stereocenters. The molecule has 42 heavy (non-hydrogen) atoms. The highest BCUT2D eigenvalue weighted by atomic mass is 19.4. The first-order chi connectivity index (χ1) is 18.3. The summed E-state index contributed by atoms with van der Waals surface area (Å²) in [5.74, 6) is -15.7. The van der Waals surface area contributed by atoms with Gasteiger partial charge in [-0.15, -0.1) is 0 Å². The predicted molar refractivity (Wildman–Crippen MR) is 146 cm³/mol. The maximum absolute atomic E-state index is 14.4. The number of aliphatic hydroxyl groups excluding tert-OH is 1. The number of carbonyl (C=O) groups excluding carboxylic acids is 1. The molecule has 0 amide bonds. The highest BCUT2D eigenvalue weighted by molar-refractivity contribution is 5.79. The molecule has 0 fully saturated rings. The molecule has 0 aromatic carbocycles. The van der Waals surface area contributed by atoms with E-state index in [1.165, 1.54) is 34.6 Å². The minimum Gasteiger partial charge on any atom is -0.457 e. The summed E-state index contributed by atoms with van der Waals surface area (Å²) in [5.41, 5.74) is -5.61. The summed E-state index contributed by atoms with van der Waals surface area (Å²) in [6.45, 7) is 22.1. The Kier molecular flexibility index (Phi) is 12.3. The van der Waals surface area contributed by atoms with Crippen LogP contribution in [-0.4, -0.2) is 54.0 Å². The molecule has 3 unspecified atom stereocenters. The van der Waals surface area contributed by atoms with Crippen molar-refractivity contribution in [2.45, 2.75) is 139 Å². The second kappa shape index (κ2) is 12.8. The van der Waals surface area contributed by atoms with E-state index in [9.17, 15) is 40.6 Å². The van der Waals surface area contributed by atoms with E-state index in [0.29, 0.717) is 6.42 Å². The third-order valence-corrected chi connectivity index (χ3v) is 9.33. The molecule has 1 N–H and O–H groups in total. The maximum atomic E-state index is 14.4. The van der Waals surface area contributed by atoms with E-state index in [1.807, 2.05) is 47.6 Å². The lowest BCUT2D eigenvalue weighted by molar-refractivity contribution is -0.350. The van der Waals surface area contributed by atoms with Gasteiger partial charge in [-0.2, -0.15) is 36.0 Å². The number of alkyl halides is 7. The highest BCUT2D eigenvalue weighted by Crippen LogP contribution is 2.59. The number of nitrogens with zero attached hydrogens (tertiary/aromatic N) is 1. The average Bonchev–Trinajstić information content (AvgIpc) is 2.77. The summed E-state index contributed by atoms with van der Waals surface area (Å²) < 4.78 is 106. The van der Waals surface area contributed by atoms with E-state index in [-0.39, 0.29) is 18.9 Å². The first kappa shape index (κ1) is 40.4. The number of hydrogen-bond donors (Lipinski definition) is 1. The van der Waals surface area contributed by atoms with Crippen molar-refractivity contribution in [2.75, 3.05) is 6.61 Å². The van der Waals surface area contributed by atoms with Crippen LogP contribution in [0.25, 0.3) is 0 Å². The monoisotopic (exact) mass is 621 g/mol. The van der Waals surface area contributed by atoms with Crippen LogP contribution in [0.3, 0.4) is 0 Å². The van der Waals surface area contributed by atoms with E-state index in [0.717, 1.165) is 0 Å². The van der Waals surface area contributed by atoms with Crippen molar-refractivity contribution in [1.29, 1.82) is 5.26 Å². The predicted octanol–water partition coefficient (Wildman–Crippen LogP) is 8.59. The molecule has 12 heteroatoms. The van der Waals surface area contributed by atoms with E-state index in [2.05, 4.69) is 0 Å². The summed E-state index contributed by atoms with van der Waals surface area (Å²) in [6.07, 6.45) is -9.58. The lowest BCUT2D eigenvalue weighted by atomic mass is 9.49. The highest BCUT2D eigenvalue weighted by Gasteiger charge is 2.77. The molecular formula is C30H50F7NO4. The summed E-state index contributed by atoms with van der Waals surface area (Å²) in [6, 6.07) is 1.98. The first-order valence-corrected chi connectivity index (χ1v) is 14.0. The normalized spacial score (nSPS) is 17.1. The lowest BCUT2D eigenvalue weighted by Gasteiger charge is -2.60.